The molecule has 18 heavy (non-hydrogen) atoms. The molecular formula is C13H20N2O2S. The van der Waals surface area contributed by atoms with E-state index in [0.29, 0.717) is 12.5 Å². The number of carbonyl (C=O) groups is 1. The summed E-state index contributed by atoms with van der Waals surface area (Å²) in [4.78, 5) is 14.9. The lowest BCUT2D eigenvalue weighted by atomic mass is 9.91. The van der Waals surface area contributed by atoms with Crippen LogP contribution in [-0.4, -0.2) is 41.7 Å². The van der Waals surface area contributed by atoms with Gasteiger partial charge in [0.1, 0.15) is 0 Å². The number of nitrogens with zero attached hydrogens (tertiary/aromatic N) is 1. The first-order chi connectivity index (χ1) is 8.70. The summed E-state index contributed by atoms with van der Waals surface area (Å²) in [7, 11) is 0. The molecule has 0 radical (unpaired) electrons. The molecule has 3 N–H and O–H groups in total. The molecular weight excluding hydrogens is 248 g/mol. The Bertz CT molecular complexity index is 380. The van der Waals surface area contributed by atoms with Crippen molar-refractivity contribution in [2.45, 2.75) is 25.3 Å². The smallest absolute Gasteiger partial charge is 0.263 e. The van der Waals surface area contributed by atoms with E-state index < -0.39 is 0 Å². The molecule has 1 aliphatic heterocycles. The lowest BCUT2D eigenvalue weighted by Crippen LogP contribution is -2.49. The van der Waals surface area contributed by atoms with E-state index in [1.165, 1.54) is 11.3 Å². The summed E-state index contributed by atoms with van der Waals surface area (Å²) in [6, 6.07) is 3.81. The molecule has 2 heterocycles. The number of rotatable bonds is 4. The summed E-state index contributed by atoms with van der Waals surface area (Å²) in [5.41, 5.74) is 6.03. The second-order valence-corrected chi connectivity index (χ2v) is 5.86. The highest BCUT2D eigenvalue weighted by Gasteiger charge is 2.28. The van der Waals surface area contributed by atoms with Crippen LogP contribution in [0.2, 0.25) is 0 Å². The van der Waals surface area contributed by atoms with Crippen molar-refractivity contribution in [3.05, 3.63) is 22.4 Å². The third kappa shape index (κ3) is 3.31. The van der Waals surface area contributed by atoms with Gasteiger partial charge in [0, 0.05) is 25.7 Å². The fourth-order valence-electron chi connectivity index (χ4n) is 2.56. The van der Waals surface area contributed by atoms with Crippen LogP contribution in [0, 0.1) is 5.92 Å². The maximum Gasteiger partial charge on any atom is 0.263 e. The predicted octanol–water partition coefficient (Wildman–Crippen LogP) is 1.31. The average molecular weight is 268 g/mol. The molecule has 0 spiro atoms. The first-order valence-electron chi connectivity index (χ1n) is 6.40. The van der Waals surface area contributed by atoms with E-state index in [2.05, 4.69) is 0 Å². The van der Waals surface area contributed by atoms with Gasteiger partial charge < -0.3 is 15.7 Å². The Labute approximate surface area is 111 Å². The zero-order valence-corrected chi connectivity index (χ0v) is 11.2. The number of piperidine rings is 1. The number of thiophene rings is 1. The summed E-state index contributed by atoms with van der Waals surface area (Å²) < 4.78 is 0. The molecule has 5 heteroatoms. The second-order valence-electron chi connectivity index (χ2n) is 4.92. The molecule has 1 aliphatic rings. The predicted molar refractivity (Wildman–Crippen MR) is 72.6 cm³/mol. The van der Waals surface area contributed by atoms with Gasteiger partial charge in [0.2, 0.25) is 0 Å². The summed E-state index contributed by atoms with van der Waals surface area (Å²) >= 11 is 1.47. The Morgan fingerprint density at radius 1 is 1.56 bits per heavy atom. The van der Waals surface area contributed by atoms with Gasteiger partial charge in [-0.2, -0.15) is 0 Å². The van der Waals surface area contributed by atoms with Gasteiger partial charge in [-0.1, -0.05) is 6.07 Å². The SMILES string of the molecule is NC1CC(CCCO)CN(C(=O)c2cccs2)C1. The number of likely N-dealkylation sites (tertiary alicyclic amines) is 1. The Morgan fingerprint density at radius 2 is 2.39 bits per heavy atom. The van der Waals surface area contributed by atoms with Gasteiger partial charge in [-0.3, -0.25) is 4.79 Å². The van der Waals surface area contributed by atoms with Gasteiger partial charge in [-0.15, -0.1) is 11.3 Å². The average Bonchev–Trinajstić information content (AvgIpc) is 2.88. The minimum atomic E-state index is 0.0614. The van der Waals surface area contributed by atoms with Crippen LogP contribution in [0.25, 0.3) is 0 Å². The molecule has 1 aromatic heterocycles. The highest BCUT2D eigenvalue weighted by Crippen LogP contribution is 2.23. The topological polar surface area (TPSA) is 66.6 Å². The molecule has 0 bridgehead atoms. The van der Waals surface area contributed by atoms with Gasteiger partial charge >= 0.3 is 0 Å². The standard InChI is InChI=1S/C13H20N2O2S/c14-11-7-10(3-1-5-16)8-15(9-11)13(17)12-4-2-6-18-12/h2,4,6,10-11,16H,1,3,5,7-9,14H2. The zero-order valence-electron chi connectivity index (χ0n) is 10.4. The van der Waals surface area contributed by atoms with E-state index in [4.69, 9.17) is 10.8 Å². The minimum absolute atomic E-state index is 0.0614. The zero-order chi connectivity index (χ0) is 13.0. The summed E-state index contributed by atoms with van der Waals surface area (Å²) in [5, 5.41) is 10.8. The maximum atomic E-state index is 12.3. The van der Waals surface area contributed by atoms with Gasteiger partial charge in [0.05, 0.1) is 4.88 Å². The van der Waals surface area contributed by atoms with Crippen molar-refractivity contribution in [1.82, 2.24) is 4.90 Å². The normalized spacial score (nSPS) is 24.2. The molecule has 1 fully saturated rings. The molecule has 0 aliphatic carbocycles. The fraction of sp³-hybridized carbons (Fsp3) is 0.615. The highest BCUT2D eigenvalue weighted by molar-refractivity contribution is 7.12. The lowest BCUT2D eigenvalue weighted by molar-refractivity contribution is 0.0643. The third-order valence-electron chi connectivity index (χ3n) is 3.36. The number of amides is 1. The highest BCUT2D eigenvalue weighted by atomic mass is 32.1. The number of aliphatic hydroxyl groups excluding tert-OH is 1. The fourth-order valence-corrected chi connectivity index (χ4v) is 3.25. The molecule has 1 saturated heterocycles. The molecule has 2 rings (SSSR count). The Balaban J connectivity index is 1.97. The number of nitrogens with two attached hydrogens (primary N) is 1. The Morgan fingerprint density at radius 3 is 3.06 bits per heavy atom. The number of carbonyl (C=O) groups excluding carboxylic acids is 1. The lowest BCUT2D eigenvalue weighted by Gasteiger charge is -2.36. The molecule has 0 aromatic carbocycles. The van der Waals surface area contributed by atoms with Crippen LogP contribution in [0.3, 0.4) is 0 Å². The van der Waals surface area contributed by atoms with E-state index in [1.807, 2.05) is 22.4 Å². The van der Waals surface area contributed by atoms with E-state index in [1.54, 1.807) is 0 Å². The van der Waals surface area contributed by atoms with Crippen LogP contribution in [0.5, 0.6) is 0 Å². The number of hydrogen-bond donors (Lipinski definition) is 2. The van der Waals surface area contributed by atoms with Crippen LogP contribution in [-0.2, 0) is 0 Å². The summed E-state index contributed by atoms with van der Waals surface area (Å²) in [6.45, 7) is 1.63. The van der Waals surface area contributed by atoms with Crippen molar-refractivity contribution in [1.29, 1.82) is 0 Å². The first kappa shape index (κ1) is 13.5. The van der Waals surface area contributed by atoms with Crippen molar-refractivity contribution < 1.29 is 9.90 Å². The van der Waals surface area contributed by atoms with Crippen LogP contribution < -0.4 is 5.73 Å². The van der Waals surface area contributed by atoms with E-state index >= 15 is 0 Å². The van der Waals surface area contributed by atoms with Crippen LogP contribution in [0.15, 0.2) is 17.5 Å². The Hall–Kier alpha value is -0.910. The van der Waals surface area contributed by atoms with Crippen LogP contribution >= 0.6 is 11.3 Å². The van der Waals surface area contributed by atoms with Crippen LogP contribution in [0.1, 0.15) is 28.9 Å². The van der Waals surface area contributed by atoms with Crippen molar-refractivity contribution in [3.63, 3.8) is 0 Å². The van der Waals surface area contributed by atoms with E-state index in [0.717, 1.165) is 30.7 Å². The van der Waals surface area contributed by atoms with Gasteiger partial charge in [0.15, 0.2) is 0 Å². The molecule has 1 aromatic rings. The van der Waals surface area contributed by atoms with Gasteiger partial charge in [-0.05, 0) is 36.6 Å². The quantitative estimate of drug-likeness (QED) is 0.865. The summed E-state index contributed by atoms with van der Waals surface area (Å²) in [6.07, 6.45) is 2.69. The third-order valence-corrected chi connectivity index (χ3v) is 4.22. The molecule has 0 saturated carbocycles. The second kappa shape index (κ2) is 6.31. The minimum Gasteiger partial charge on any atom is -0.396 e. The monoisotopic (exact) mass is 268 g/mol. The largest absolute Gasteiger partial charge is 0.396 e. The molecule has 4 nitrogen and oxygen atoms in total. The molecule has 2 unspecified atom stereocenters. The van der Waals surface area contributed by atoms with Gasteiger partial charge in [-0.25, -0.2) is 0 Å². The van der Waals surface area contributed by atoms with Crippen molar-refractivity contribution in [3.8, 4) is 0 Å². The maximum absolute atomic E-state index is 12.3. The van der Waals surface area contributed by atoms with Gasteiger partial charge in [0.25, 0.3) is 5.91 Å². The van der Waals surface area contributed by atoms with Crippen molar-refractivity contribution >= 4 is 17.2 Å². The number of hydrogen-bond acceptors (Lipinski definition) is 4. The first-order valence-corrected chi connectivity index (χ1v) is 7.28. The van der Waals surface area contributed by atoms with E-state index in [9.17, 15) is 4.79 Å². The van der Waals surface area contributed by atoms with Crippen LogP contribution in [0.4, 0.5) is 0 Å². The molecule has 100 valence electrons. The Kier molecular flexibility index (Phi) is 4.74. The number of aliphatic hydroxyl groups is 1. The molecule has 1 amide bonds. The summed E-state index contributed by atoms with van der Waals surface area (Å²) in [5.74, 6) is 0.513. The van der Waals surface area contributed by atoms with Crippen molar-refractivity contribution in [2.24, 2.45) is 11.7 Å². The van der Waals surface area contributed by atoms with Crippen molar-refractivity contribution in [2.75, 3.05) is 19.7 Å². The van der Waals surface area contributed by atoms with E-state index in [-0.39, 0.29) is 18.6 Å². The molecule has 2 atom stereocenters.